The second kappa shape index (κ2) is 12.9. The number of fused-ring (bicyclic) bond motifs is 1. The molecule has 3 aromatic rings. The minimum Gasteiger partial charge on any atom is -0.481 e. The summed E-state index contributed by atoms with van der Waals surface area (Å²) in [4.78, 5) is 39.2. The van der Waals surface area contributed by atoms with Gasteiger partial charge < -0.3 is 14.8 Å². The van der Waals surface area contributed by atoms with Crippen molar-refractivity contribution in [3.8, 4) is 5.75 Å². The molecule has 0 aliphatic heterocycles. The van der Waals surface area contributed by atoms with Gasteiger partial charge in [0.1, 0.15) is 10.8 Å². The molecule has 4 rings (SSSR count). The smallest absolute Gasteiger partial charge is 0.341 e. The molecule has 39 heavy (non-hydrogen) atoms. The van der Waals surface area contributed by atoms with Crippen LogP contribution in [0.15, 0.2) is 53.6 Å². The number of hydrazone groups is 1. The van der Waals surface area contributed by atoms with Gasteiger partial charge in [-0.05, 0) is 74.9 Å². The van der Waals surface area contributed by atoms with Crippen LogP contribution in [0.1, 0.15) is 63.9 Å². The molecule has 0 saturated heterocycles. The number of amides is 2. The Bertz CT molecular complexity index is 1390. The third-order valence-corrected chi connectivity index (χ3v) is 7.81. The third-order valence-electron chi connectivity index (χ3n) is 6.30. The Labute approximate surface area is 236 Å². The maximum absolute atomic E-state index is 13.0. The highest BCUT2D eigenvalue weighted by Crippen LogP contribution is 2.40. The molecule has 2 aromatic carbocycles. The lowest BCUT2D eigenvalue weighted by Crippen LogP contribution is -2.33. The van der Waals surface area contributed by atoms with Crippen molar-refractivity contribution < 1.29 is 23.9 Å². The molecule has 10 heteroatoms. The molecule has 0 saturated carbocycles. The topological polar surface area (TPSA) is 106 Å². The second-order valence-corrected chi connectivity index (χ2v) is 10.8. The lowest BCUT2D eigenvalue weighted by Gasteiger charge is -2.18. The number of nitrogens with one attached hydrogen (secondary N) is 2. The van der Waals surface area contributed by atoms with E-state index in [9.17, 15) is 14.4 Å². The Balaban J connectivity index is 1.38. The van der Waals surface area contributed by atoms with E-state index in [1.165, 1.54) is 17.6 Å². The van der Waals surface area contributed by atoms with Gasteiger partial charge in [-0.25, -0.2) is 10.2 Å². The first kappa shape index (κ1) is 28.3. The van der Waals surface area contributed by atoms with E-state index in [1.54, 1.807) is 56.3 Å². The molecule has 2 atom stereocenters. The zero-order chi connectivity index (χ0) is 27.9. The molecule has 1 heterocycles. The summed E-state index contributed by atoms with van der Waals surface area (Å²) in [5, 5.41) is 7.87. The molecular formula is C29H30ClN3O5S. The number of ether oxygens (including phenoxy) is 2. The Morgan fingerprint density at radius 3 is 2.64 bits per heavy atom. The first-order valence-corrected chi connectivity index (χ1v) is 13.9. The van der Waals surface area contributed by atoms with Crippen molar-refractivity contribution in [1.29, 1.82) is 0 Å². The van der Waals surface area contributed by atoms with Gasteiger partial charge in [-0.15, -0.1) is 11.3 Å². The van der Waals surface area contributed by atoms with Crippen molar-refractivity contribution in [2.45, 2.75) is 46.1 Å². The number of halogens is 1. The van der Waals surface area contributed by atoms with E-state index in [2.05, 4.69) is 22.8 Å². The molecule has 0 fully saturated rings. The summed E-state index contributed by atoms with van der Waals surface area (Å²) in [6, 6.07) is 13.6. The number of nitrogens with zero attached hydrogens (tertiary/aromatic N) is 1. The highest BCUT2D eigenvalue weighted by atomic mass is 35.5. The van der Waals surface area contributed by atoms with E-state index in [1.807, 2.05) is 6.07 Å². The highest BCUT2D eigenvalue weighted by molar-refractivity contribution is 7.17. The molecule has 2 N–H and O–H groups in total. The molecule has 8 nitrogen and oxygen atoms in total. The number of esters is 1. The van der Waals surface area contributed by atoms with Crippen molar-refractivity contribution in [3.05, 3.63) is 80.7 Å². The maximum Gasteiger partial charge on any atom is 0.341 e. The fourth-order valence-corrected chi connectivity index (χ4v) is 5.79. The largest absolute Gasteiger partial charge is 0.481 e. The summed E-state index contributed by atoms with van der Waals surface area (Å²) in [5.41, 5.74) is 4.94. The van der Waals surface area contributed by atoms with Crippen LogP contribution in [0.5, 0.6) is 5.75 Å². The fraction of sp³-hybridized carbons (Fsp3) is 0.310. The first-order chi connectivity index (χ1) is 18.8. The number of carbonyl (C=O) groups excluding carboxylic acids is 3. The number of benzene rings is 2. The molecule has 1 aromatic heterocycles. The van der Waals surface area contributed by atoms with E-state index in [4.69, 9.17) is 21.1 Å². The Morgan fingerprint density at radius 1 is 1.18 bits per heavy atom. The molecular weight excluding hydrogens is 538 g/mol. The van der Waals surface area contributed by atoms with Gasteiger partial charge in [0.25, 0.3) is 11.8 Å². The monoisotopic (exact) mass is 567 g/mol. The van der Waals surface area contributed by atoms with Crippen molar-refractivity contribution in [1.82, 2.24) is 5.43 Å². The zero-order valence-electron chi connectivity index (χ0n) is 22.0. The SMILES string of the molecule is CCOC(=O)c1c(NC(=O)c2ccc(O[C@H](C)C(=O)N/N=C\c3ccccc3Cl)cc2)sc2c1CC[C@@H](C)C2. The van der Waals surface area contributed by atoms with Gasteiger partial charge in [0, 0.05) is 21.0 Å². The average Bonchev–Trinajstić information content (AvgIpc) is 3.26. The van der Waals surface area contributed by atoms with Gasteiger partial charge in [-0.1, -0.05) is 36.7 Å². The Kier molecular flexibility index (Phi) is 9.37. The molecule has 0 bridgehead atoms. The van der Waals surface area contributed by atoms with Crippen molar-refractivity contribution >= 4 is 51.9 Å². The van der Waals surface area contributed by atoms with Gasteiger partial charge in [0.15, 0.2) is 6.10 Å². The van der Waals surface area contributed by atoms with E-state index in [-0.39, 0.29) is 12.5 Å². The van der Waals surface area contributed by atoms with E-state index >= 15 is 0 Å². The third kappa shape index (κ3) is 7.04. The molecule has 1 aliphatic carbocycles. The highest BCUT2D eigenvalue weighted by Gasteiger charge is 2.29. The van der Waals surface area contributed by atoms with Crippen LogP contribution in [0.25, 0.3) is 0 Å². The normalized spacial score (nSPS) is 15.3. The van der Waals surface area contributed by atoms with Crippen LogP contribution in [0.4, 0.5) is 5.00 Å². The predicted octanol–water partition coefficient (Wildman–Crippen LogP) is 5.87. The number of hydrogen-bond acceptors (Lipinski definition) is 7. The molecule has 0 spiro atoms. The van der Waals surface area contributed by atoms with Crippen LogP contribution < -0.4 is 15.5 Å². The summed E-state index contributed by atoms with van der Waals surface area (Å²) >= 11 is 7.52. The minimum absolute atomic E-state index is 0.263. The molecule has 0 radical (unpaired) electrons. The summed E-state index contributed by atoms with van der Waals surface area (Å²) in [6.45, 7) is 5.81. The predicted molar refractivity (Wildman–Crippen MR) is 153 cm³/mol. The fourth-order valence-electron chi connectivity index (χ4n) is 4.21. The van der Waals surface area contributed by atoms with Gasteiger partial charge >= 0.3 is 5.97 Å². The molecule has 0 unspecified atom stereocenters. The molecule has 204 valence electrons. The summed E-state index contributed by atoms with van der Waals surface area (Å²) in [7, 11) is 0. The first-order valence-electron chi connectivity index (χ1n) is 12.7. The lowest BCUT2D eigenvalue weighted by molar-refractivity contribution is -0.127. The van der Waals surface area contributed by atoms with Crippen LogP contribution in [-0.2, 0) is 22.4 Å². The standard InChI is InChI=1S/C29H30ClN3O5S/c1-4-37-29(36)25-22-14-9-17(2)15-24(22)39-28(25)32-27(35)19-10-12-21(13-11-19)38-18(3)26(34)33-31-16-20-7-5-6-8-23(20)30/h5-8,10-13,16-18H,4,9,14-15H2,1-3H3,(H,32,35)(H,33,34)/b31-16-/t17-,18-/m1/s1. The van der Waals surface area contributed by atoms with Gasteiger partial charge in [0.2, 0.25) is 0 Å². The maximum atomic E-state index is 13.0. The van der Waals surface area contributed by atoms with Crippen LogP contribution >= 0.6 is 22.9 Å². The minimum atomic E-state index is -0.833. The number of hydrogen-bond donors (Lipinski definition) is 2. The average molecular weight is 568 g/mol. The summed E-state index contributed by atoms with van der Waals surface area (Å²) < 4.78 is 11.0. The van der Waals surface area contributed by atoms with Crippen LogP contribution in [0, 0.1) is 5.92 Å². The number of rotatable bonds is 9. The van der Waals surface area contributed by atoms with Crippen molar-refractivity contribution in [3.63, 3.8) is 0 Å². The molecule has 2 amide bonds. The zero-order valence-corrected chi connectivity index (χ0v) is 23.5. The van der Waals surface area contributed by atoms with E-state index in [0.717, 1.165) is 29.7 Å². The van der Waals surface area contributed by atoms with Crippen molar-refractivity contribution in [2.75, 3.05) is 11.9 Å². The van der Waals surface area contributed by atoms with E-state index in [0.29, 0.717) is 38.4 Å². The van der Waals surface area contributed by atoms with Gasteiger partial charge in [-0.3, -0.25) is 9.59 Å². The lowest BCUT2D eigenvalue weighted by atomic mass is 9.88. The van der Waals surface area contributed by atoms with Crippen LogP contribution in [0.3, 0.4) is 0 Å². The number of carbonyl (C=O) groups is 3. The second-order valence-electron chi connectivity index (χ2n) is 9.27. The number of thiophene rings is 1. The quantitative estimate of drug-likeness (QED) is 0.191. The summed E-state index contributed by atoms with van der Waals surface area (Å²) in [6.07, 6.45) is 3.29. The molecule has 1 aliphatic rings. The van der Waals surface area contributed by atoms with Crippen molar-refractivity contribution in [2.24, 2.45) is 11.0 Å². The van der Waals surface area contributed by atoms with Crippen LogP contribution in [0.2, 0.25) is 5.02 Å². The summed E-state index contributed by atoms with van der Waals surface area (Å²) in [5.74, 6) is -0.258. The number of anilines is 1. The van der Waals surface area contributed by atoms with Gasteiger partial charge in [-0.2, -0.15) is 5.10 Å². The Hall–Kier alpha value is -3.69. The van der Waals surface area contributed by atoms with Crippen LogP contribution in [-0.4, -0.2) is 36.7 Å². The Morgan fingerprint density at radius 2 is 1.92 bits per heavy atom. The van der Waals surface area contributed by atoms with Gasteiger partial charge in [0.05, 0.1) is 18.4 Å². The van der Waals surface area contributed by atoms with E-state index < -0.39 is 18.0 Å².